The average molecular weight is 259 g/mol. The molecule has 2 atom stereocenters. The second kappa shape index (κ2) is 6.54. The maximum absolute atomic E-state index is 9.15. The predicted octanol–water partition coefficient (Wildman–Crippen LogP) is 3.33. The van der Waals surface area contributed by atoms with Gasteiger partial charge < -0.3 is 0 Å². The Morgan fingerprint density at radius 1 is 1.50 bits per heavy atom. The number of nitriles is 2. The van der Waals surface area contributed by atoms with Crippen LogP contribution in [0.3, 0.4) is 0 Å². The van der Waals surface area contributed by atoms with Gasteiger partial charge in [0.1, 0.15) is 0 Å². The van der Waals surface area contributed by atoms with Crippen molar-refractivity contribution >= 4 is 11.3 Å². The third-order valence-electron chi connectivity index (χ3n) is 3.48. The molecule has 0 bridgehead atoms. The molecule has 94 valence electrons. The van der Waals surface area contributed by atoms with Crippen LogP contribution in [0.5, 0.6) is 0 Å². The van der Waals surface area contributed by atoms with E-state index < -0.39 is 0 Å². The third-order valence-corrected chi connectivity index (χ3v) is 4.45. The molecule has 0 aliphatic carbocycles. The SMILES string of the molecule is N#CCCC(C#N)CN1CCCC1c1cccs1. The van der Waals surface area contributed by atoms with Gasteiger partial charge in [0.25, 0.3) is 0 Å². The summed E-state index contributed by atoms with van der Waals surface area (Å²) in [7, 11) is 0. The third kappa shape index (κ3) is 3.10. The van der Waals surface area contributed by atoms with Crippen LogP contribution in [-0.2, 0) is 0 Å². The normalized spacial score (nSPS) is 21.3. The number of nitrogens with zero attached hydrogens (tertiary/aromatic N) is 3. The molecule has 0 saturated carbocycles. The first-order chi connectivity index (χ1) is 8.85. The Balaban J connectivity index is 1.96. The summed E-state index contributed by atoms with van der Waals surface area (Å²) >= 11 is 1.80. The van der Waals surface area contributed by atoms with E-state index in [0.29, 0.717) is 18.9 Å². The van der Waals surface area contributed by atoms with E-state index in [1.54, 1.807) is 11.3 Å². The van der Waals surface area contributed by atoms with Gasteiger partial charge >= 0.3 is 0 Å². The van der Waals surface area contributed by atoms with Crippen LogP contribution in [0.15, 0.2) is 17.5 Å². The van der Waals surface area contributed by atoms with Crippen LogP contribution in [0, 0.1) is 28.6 Å². The zero-order valence-corrected chi connectivity index (χ0v) is 11.2. The standard InChI is InChI=1S/C14H17N3S/c15-7-1-4-12(10-16)11-17-8-2-5-13(17)14-6-3-9-18-14/h3,6,9,12-13H,1-2,4-5,8,11H2. The first-order valence-corrected chi connectivity index (χ1v) is 7.27. The number of hydrogen-bond donors (Lipinski definition) is 0. The molecule has 4 heteroatoms. The lowest BCUT2D eigenvalue weighted by Gasteiger charge is -2.25. The molecule has 2 heterocycles. The van der Waals surface area contributed by atoms with Gasteiger partial charge in [0.05, 0.1) is 18.1 Å². The Kier molecular flexibility index (Phi) is 4.75. The minimum atomic E-state index is -0.00906. The highest BCUT2D eigenvalue weighted by atomic mass is 32.1. The van der Waals surface area contributed by atoms with Crippen LogP contribution in [0.25, 0.3) is 0 Å². The zero-order valence-electron chi connectivity index (χ0n) is 10.4. The van der Waals surface area contributed by atoms with Gasteiger partial charge in [-0.1, -0.05) is 6.07 Å². The van der Waals surface area contributed by atoms with Crippen molar-refractivity contribution in [2.45, 2.75) is 31.7 Å². The highest BCUT2D eigenvalue weighted by Crippen LogP contribution is 2.35. The fourth-order valence-corrected chi connectivity index (χ4v) is 3.46. The smallest absolute Gasteiger partial charge is 0.0669 e. The van der Waals surface area contributed by atoms with E-state index >= 15 is 0 Å². The molecule has 18 heavy (non-hydrogen) atoms. The van der Waals surface area contributed by atoms with E-state index in [1.165, 1.54) is 17.7 Å². The Morgan fingerprint density at radius 3 is 3.06 bits per heavy atom. The van der Waals surface area contributed by atoms with Gasteiger partial charge in [-0.05, 0) is 37.3 Å². The molecule has 1 aliphatic rings. The largest absolute Gasteiger partial charge is 0.294 e. The molecule has 2 rings (SSSR count). The number of thiophene rings is 1. The van der Waals surface area contributed by atoms with Crippen LogP contribution in [-0.4, -0.2) is 18.0 Å². The number of rotatable bonds is 5. The van der Waals surface area contributed by atoms with E-state index in [9.17, 15) is 0 Å². The van der Waals surface area contributed by atoms with Gasteiger partial charge in [0.2, 0.25) is 0 Å². The summed E-state index contributed by atoms with van der Waals surface area (Å²) in [5.41, 5.74) is 0. The van der Waals surface area contributed by atoms with Gasteiger partial charge in [-0.25, -0.2) is 0 Å². The fourth-order valence-electron chi connectivity index (χ4n) is 2.57. The highest BCUT2D eigenvalue weighted by molar-refractivity contribution is 7.10. The second-order valence-electron chi connectivity index (χ2n) is 4.69. The van der Waals surface area contributed by atoms with E-state index in [2.05, 4.69) is 34.6 Å². The van der Waals surface area contributed by atoms with Crippen molar-refractivity contribution in [3.8, 4) is 12.1 Å². The van der Waals surface area contributed by atoms with Crippen molar-refractivity contribution in [1.29, 1.82) is 10.5 Å². The second-order valence-corrected chi connectivity index (χ2v) is 5.67. The lowest BCUT2D eigenvalue weighted by molar-refractivity contribution is 0.233. The van der Waals surface area contributed by atoms with Gasteiger partial charge in [-0.2, -0.15) is 10.5 Å². The van der Waals surface area contributed by atoms with Crippen LogP contribution < -0.4 is 0 Å². The van der Waals surface area contributed by atoms with Crippen LogP contribution in [0.2, 0.25) is 0 Å². The van der Waals surface area contributed by atoms with Crippen molar-refractivity contribution < 1.29 is 0 Å². The molecule has 1 saturated heterocycles. The first kappa shape index (κ1) is 13.1. The van der Waals surface area contributed by atoms with Crippen molar-refractivity contribution in [3.63, 3.8) is 0 Å². The Hall–Kier alpha value is -1.36. The lowest BCUT2D eigenvalue weighted by atomic mass is 10.0. The van der Waals surface area contributed by atoms with E-state index in [-0.39, 0.29) is 5.92 Å². The minimum absolute atomic E-state index is 0.00906. The molecular formula is C14H17N3S. The molecule has 1 fully saturated rings. The van der Waals surface area contributed by atoms with Gasteiger partial charge in [0, 0.05) is 23.9 Å². The van der Waals surface area contributed by atoms with Crippen LogP contribution in [0.1, 0.15) is 36.6 Å². The van der Waals surface area contributed by atoms with E-state index in [1.807, 2.05) is 0 Å². The molecule has 1 aliphatic heterocycles. The molecule has 1 aromatic rings. The van der Waals surface area contributed by atoms with Crippen LogP contribution in [0.4, 0.5) is 0 Å². The molecular weight excluding hydrogens is 242 g/mol. The predicted molar refractivity (Wildman–Crippen MR) is 71.8 cm³/mol. The van der Waals surface area contributed by atoms with Crippen molar-refractivity contribution in [2.24, 2.45) is 5.92 Å². The summed E-state index contributed by atoms with van der Waals surface area (Å²) in [5.74, 6) is -0.00906. The first-order valence-electron chi connectivity index (χ1n) is 6.39. The molecule has 0 N–H and O–H groups in total. The molecule has 1 aromatic heterocycles. The molecule has 0 radical (unpaired) electrons. The van der Waals surface area contributed by atoms with Crippen molar-refractivity contribution in [2.75, 3.05) is 13.1 Å². The Bertz CT molecular complexity index is 441. The summed E-state index contributed by atoms with van der Waals surface area (Å²) in [6.07, 6.45) is 3.58. The maximum atomic E-state index is 9.15. The van der Waals surface area contributed by atoms with Gasteiger partial charge in [-0.3, -0.25) is 4.90 Å². The van der Waals surface area contributed by atoms with E-state index in [4.69, 9.17) is 10.5 Å². The zero-order chi connectivity index (χ0) is 12.8. The number of likely N-dealkylation sites (tertiary alicyclic amines) is 1. The van der Waals surface area contributed by atoms with Gasteiger partial charge in [-0.15, -0.1) is 11.3 Å². The molecule has 0 amide bonds. The Labute approximate surface area is 112 Å². The summed E-state index contributed by atoms with van der Waals surface area (Å²) in [5, 5.41) is 19.9. The molecule has 3 nitrogen and oxygen atoms in total. The fraction of sp³-hybridized carbons (Fsp3) is 0.571. The minimum Gasteiger partial charge on any atom is -0.294 e. The van der Waals surface area contributed by atoms with Crippen LogP contribution >= 0.6 is 11.3 Å². The number of hydrogen-bond acceptors (Lipinski definition) is 4. The maximum Gasteiger partial charge on any atom is 0.0669 e. The average Bonchev–Trinajstić information content (AvgIpc) is 3.04. The lowest BCUT2D eigenvalue weighted by Crippen LogP contribution is -2.28. The van der Waals surface area contributed by atoms with Crippen molar-refractivity contribution in [1.82, 2.24) is 4.90 Å². The topological polar surface area (TPSA) is 50.8 Å². The Morgan fingerprint density at radius 2 is 2.39 bits per heavy atom. The van der Waals surface area contributed by atoms with E-state index in [0.717, 1.165) is 13.1 Å². The monoisotopic (exact) mass is 259 g/mol. The van der Waals surface area contributed by atoms with Crippen molar-refractivity contribution in [3.05, 3.63) is 22.4 Å². The molecule has 2 unspecified atom stereocenters. The summed E-state index contributed by atoms with van der Waals surface area (Å²) in [6, 6.07) is 9.23. The molecule has 0 spiro atoms. The highest BCUT2D eigenvalue weighted by Gasteiger charge is 2.28. The summed E-state index contributed by atoms with van der Waals surface area (Å²) < 4.78 is 0. The quantitative estimate of drug-likeness (QED) is 0.815. The summed E-state index contributed by atoms with van der Waals surface area (Å²) in [4.78, 5) is 3.82. The summed E-state index contributed by atoms with van der Waals surface area (Å²) in [6.45, 7) is 1.88. The molecule has 0 aromatic carbocycles. The van der Waals surface area contributed by atoms with Gasteiger partial charge in [0.15, 0.2) is 0 Å².